The molecule has 3 heterocycles. The van der Waals surface area contributed by atoms with E-state index in [9.17, 15) is 4.79 Å². The first-order valence-electron chi connectivity index (χ1n) is 9.17. The number of piperidine rings is 1. The summed E-state index contributed by atoms with van der Waals surface area (Å²) in [5.74, 6) is 2.76. The molecule has 2 aliphatic rings. The average molecular weight is 347 g/mol. The Morgan fingerprint density at radius 1 is 1.20 bits per heavy atom. The number of aromatic nitrogens is 2. The molecule has 1 aromatic heterocycles. The van der Waals surface area contributed by atoms with Crippen LogP contribution in [0, 0.1) is 11.8 Å². The molecule has 2 aliphatic heterocycles. The lowest BCUT2D eigenvalue weighted by Crippen LogP contribution is -2.52. The SMILES string of the molecule is COc1ccnc(N2CCN(CC(=O)N3C[C@H](C)C[C@H](C)C3)CC2)n1. The van der Waals surface area contributed by atoms with Gasteiger partial charge in [-0.3, -0.25) is 9.69 Å². The van der Waals surface area contributed by atoms with Gasteiger partial charge in [-0.2, -0.15) is 4.98 Å². The lowest BCUT2D eigenvalue weighted by atomic mass is 9.92. The summed E-state index contributed by atoms with van der Waals surface area (Å²) in [6, 6.07) is 1.75. The summed E-state index contributed by atoms with van der Waals surface area (Å²) in [6.45, 7) is 10.2. The highest BCUT2D eigenvalue weighted by atomic mass is 16.5. The number of amides is 1. The maximum absolute atomic E-state index is 12.6. The average Bonchev–Trinajstić information content (AvgIpc) is 2.61. The van der Waals surface area contributed by atoms with Crippen molar-refractivity contribution in [2.75, 3.05) is 57.8 Å². The van der Waals surface area contributed by atoms with Crippen molar-refractivity contribution >= 4 is 11.9 Å². The van der Waals surface area contributed by atoms with Crippen LogP contribution in [0.25, 0.3) is 0 Å². The molecule has 0 unspecified atom stereocenters. The predicted octanol–water partition coefficient (Wildman–Crippen LogP) is 1.11. The van der Waals surface area contributed by atoms with Gasteiger partial charge in [0.2, 0.25) is 17.7 Å². The summed E-state index contributed by atoms with van der Waals surface area (Å²) in [6.07, 6.45) is 2.94. The number of rotatable bonds is 4. The van der Waals surface area contributed by atoms with Crippen LogP contribution in [-0.4, -0.2) is 78.6 Å². The maximum Gasteiger partial charge on any atom is 0.236 e. The van der Waals surface area contributed by atoms with Crippen molar-refractivity contribution in [3.63, 3.8) is 0 Å². The molecule has 0 radical (unpaired) electrons. The fourth-order valence-electron chi connectivity index (χ4n) is 3.86. The highest BCUT2D eigenvalue weighted by Gasteiger charge is 2.27. The normalized spacial score (nSPS) is 25.1. The Kier molecular flexibility index (Phi) is 5.73. The summed E-state index contributed by atoms with van der Waals surface area (Å²) in [4.78, 5) is 27.8. The Balaban J connectivity index is 1.49. The van der Waals surface area contributed by atoms with Crippen molar-refractivity contribution in [1.29, 1.82) is 0 Å². The molecule has 1 aromatic rings. The van der Waals surface area contributed by atoms with Crippen molar-refractivity contribution < 1.29 is 9.53 Å². The van der Waals surface area contributed by atoms with Crippen molar-refractivity contribution in [2.24, 2.45) is 11.8 Å². The lowest BCUT2D eigenvalue weighted by Gasteiger charge is -2.38. The molecule has 2 saturated heterocycles. The molecule has 7 nitrogen and oxygen atoms in total. The van der Waals surface area contributed by atoms with E-state index in [-0.39, 0.29) is 5.91 Å². The van der Waals surface area contributed by atoms with Gasteiger partial charge in [-0.25, -0.2) is 4.98 Å². The molecule has 138 valence electrons. The van der Waals surface area contributed by atoms with Gasteiger partial charge in [0.25, 0.3) is 0 Å². The third kappa shape index (κ3) is 4.60. The number of anilines is 1. The van der Waals surface area contributed by atoms with Gasteiger partial charge in [-0.15, -0.1) is 0 Å². The topological polar surface area (TPSA) is 61.8 Å². The van der Waals surface area contributed by atoms with Crippen LogP contribution >= 0.6 is 0 Å². The zero-order valence-electron chi connectivity index (χ0n) is 15.5. The zero-order chi connectivity index (χ0) is 17.8. The fourth-order valence-corrected chi connectivity index (χ4v) is 3.86. The number of nitrogens with zero attached hydrogens (tertiary/aromatic N) is 5. The minimum Gasteiger partial charge on any atom is -0.481 e. The number of ether oxygens (including phenoxy) is 1. The van der Waals surface area contributed by atoms with E-state index in [1.807, 2.05) is 0 Å². The van der Waals surface area contributed by atoms with Crippen LogP contribution in [0.1, 0.15) is 20.3 Å². The minimum absolute atomic E-state index is 0.268. The van der Waals surface area contributed by atoms with Gasteiger partial charge in [0.15, 0.2) is 0 Å². The van der Waals surface area contributed by atoms with Crippen molar-refractivity contribution in [3.8, 4) is 5.88 Å². The highest BCUT2D eigenvalue weighted by Crippen LogP contribution is 2.21. The molecule has 0 N–H and O–H groups in total. The molecule has 1 amide bonds. The van der Waals surface area contributed by atoms with Gasteiger partial charge in [-0.05, 0) is 18.3 Å². The van der Waals surface area contributed by atoms with Crippen LogP contribution in [0.4, 0.5) is 5.95 Å². The zero-order valence-corrected chi connectivity index (χ0v) is 15.5. The number of likely N-dealkylation sites (tertiary alicyclic amines) is 1. The van der Waals surface area contributed by atoms with E-state index in [1.54, 1.807) is 19.4 Å². The number of carbonyl (C=O) groups excluding carboxylic acids is 1. The second-order valence-electron chi connectivity index (χ2n) is 7.41. The van der Waals surface area contributed by atoms with Gasteiger partial charge >= 0.3 is 0 Å². The molecule has 2 fully saturated rings. The van der Waals surface area contributed by atoms with Crippen LogP contribution in [0.5, 0.6) is 5.88 Å². The third-order valence-corrected chi connectivity index (χ3v) is 5.06. The Morgan fingerprint density at radius 2 is 1.88 bits per heavy atom. The van der Waals surface area contributed by atoms with E-state index in [0.29, 0.717) is 30.2 Å². The van der Waals surface area contributed by atoms with Crippen LogP contribution in [0.3, 0.4) is 0 Å². The number of piperazine rings is 1. The Hall–Kier alpha value is -1.89. The van der Waals surface area contributed by atoms with Gasteiger partial charge in [-0.1, -0.05) is 13.8 Å². The minimum atomic E-state index is 0.268. The van der Waals surface area contributed by atoms with Crippen LogP contribution < -0.4 is 9.64 Å². The van der Waals surface area contributed by atoms with Crippen molar-refractivity contribution in [3.05, 3.63) is 12.3 Å². The number of hydrogen-bond acceptors (Lipinski definition) is 6. The fraction of sp³-hybridized carbons (Fsp3) is 0.722. The molecule has 0 bridgehead atoms. The van der Waals surface area contributed by atoms with Crippen LogP contribution in [0.15, 0.2) is 12.3 Å². The van der Waals surface area contributed by atoms with Gasteiger partial charge in [0.1, 0.15) is 0 Å². The predicted molar refractivity (Wildman–Crippen MR) is 96.8 cm³/mol. The molecule has 3 rings (SSSR count). The summed E-state index contributed by atoms with van der Waals surface area (Å²) >= 11 is 0. The molecular formula is C18H29N5O2. The van der Waals surface area contributed by atoms with Crippen LogP contribution in [-0.2, 0) is 4.79 Å². The van der Waals surface area contributed by atoms with Crippen molar-refractivity contribution in [1.82, 2.24) is 19.8 Å². The first-order valence-corrected chi connectivity index (χ1v) is 9.17. The molecule has 7 heteroatoms. The Bertz CT molecular complexity index is 579. The first kappa shape index (κ1) is 17.9. The number of carbonyl (C=O) groups is 1. The monoisotopic (exact) mass is 347 g/mol. The highest BCUT2D eigenvalue weighted by molar-refractivity contribution is 5.78. The second-order valence-corrected chi connectivity index (χ2v) is 7.41. The van der Waals surface area contributed by atoms with Gasteiger partial charge in [0, 0.05) is 51.5 Å². The van der Waals surface area contributed by atoms with E-state index in [4.69, 9.17) is 4.74 Å². The molecule has 2 atom stereocenters. The molecule has 0 aromatic carbocycles. The van der Waals surface area contributed by atoms with Gasteiger partial charge < -0.3 is 14.5 Å². The van der Waals surface area contributed by atoms with Crippen LogP contribution in [0.2, 0.25) is 0 Å². The number of hydrogen-bond donors (Lipinski definition) is 0. The largest absolute Gasteiger partial charge is 0.481 e. The molecule has 0 aliphatic carbocycles. The molecular weight excluding hydrogens is 318 g/mol. The maximum atomic E-state index is 12.6. The van der Waals surface area contributed by atoms with E-state index in [1.165, 1.54) is 6.42 Å². The molecule has 0 saturated carbocycles. The van der Waals surface area contributed by atoms with E-state index >= 15 is 0 Å². The Morgan fingerprint density at radius 3 is 2.52 bits per heavy atom. The molecule has 25 heavy (non-hydrogen) atoms. The van der Waals surface area contributed by atoms with E-state index in [0.717, 1.165) is 39.3 Å². The quantitative estimate of drug-likeness (QED) is 0.813. The third-order valence-electron chi connectivity index (χ3n) is 5.06. The summed E-state index contributed by atoms with van der Waals surface area (Å²) in [7, 11) is 1.61. The summed E-state index contributed by atoms with van der Waals surface area (Å²) in [5, 5.41) is 0. The Labute approximate surface area is 150 Å². The summed E-state index contributed by atoms with van der Waals surface area (Å²) in [5.41, 5.74) is 0. The van der Waals surface area contributed by atoms with Crippen molar-refractivity contribution in [2.45, 2.75) is 20.3 Å². The number of methoxy groups -OCH3 is 1. The first-order chi connectivity index (χ1) is 12.0. The smallest absolute Gasteiger partial charge is 0.236 e. The molecule has 0 spiro atoms. The van der Waals surface area contributed by atoms with E-state index < -0.39 is 0 Å². The standard InChI is InChI=1S/C18H29N5O2/c1-14-10-15(2)12-23(11-14)17(24)13-21-6-8-22(9-7-21)18-19-5-4-16(20-18)25-3/h4-5,14-15H,6-13H2,1-3H3/t14-,15+. The van der Waals surface area contributed by atoms with E-state index in [2.05, 4.69) is 38.5 Å². The van der Waals surface area contributed by atoms with Gasteiger partial charge in [0.05, 0.1) is 13.7 Å². The second kappa shape index (κ2) is 7.99. The summed E-state index contributed by atoms with van der Waals surface area (Å²) < 4.78 is 5.17. The lowest BCUT2D eigenvalue weighted by molar-refractivity contribution is -0.135.